The van der Waals surface area contributed by atoms with Crippen molar-refractivity contribution in [3.05, 3.63) is 35.9 Å². The zero-order valence-corrected chi connectivity index (χ0v) is 10.5. The van der Waals surface area contributed by atoms with Crippen LogP contribution in [0.3, 0.4) is 0 Å². The van der Waals surface area contributed by atoms with E-state index in [2.05, 4.69) is 40.5 Å². The third-order valence-corrected chi connectivity index (χ3v) is 3.22. The summed E-state index contributed by atoms with van der Waals surface area (Å²) in [6, 6.07) is 11.1. The van der Waals surface area contributed by atoms with Crippen LogP contribution in [-0.2, 0) is 6.54 Å². The lowest BCUT2D eigenvalue weighted by molar-refractivity contribution is 0.185. The molecule has 0 aliphatic carbocycles. The van der Waals surface area contributed by atoms with Crippen molar-refractivity contribution in [2.24, 2.45) is 0 Å². The van der Waals surface area contributed by atoms with Gasteiger partial charge in [-0.15, -0.1) is 0 Å². The molecule has 0 spiro atoms. The van der Waals surface area contributed by atoms with Gasteiger partial charge in [0.2, 0.25) is 0 Å². The van der Waals surface area contributed by atoms with E-state index in [1.54, 1.807) is 0 Å². The predicted molar refractivity (Wildman–Crippen MR) is 69.8 cm³/mol. The molecule has 3 nitrogen and oxygen atoms in total. The number of aliphatic hydroxyl groups is 1. The largest absolute Gasteiger partial charge is 0.392 e. The van der Waals surface area contributed by atoms with E-state index in [0.29, 0.717) is 12.6 Å². The number of rotatable bonds is 5. The molecule has 1 aliphatic rings. The van der Waals surface area contributed by atoms with Crippen molar-refractivity contribution < 1.29 is 5.11 Å². The molecule has 1 fully saturated rings. The summed E-state index contributed by atoms with van der Waals surface area (Å²) in [6.07, 6.45) is 0.928. The fourth-order valence-electron chi connectivity index (χ4n) is 2.32. The monoisotopic (exact) mass is 234 g/mol. The second-order valence-corrected chi connectivity index (χ2v) is 4.96. The maximum Gasteiger partial charge on any atom is 0.0636 e. The van der Waals surface area contributed by atoms with Gasteiger partial charge in [-0.1, -0.05) is 30.3 Å². The Kier molecular flexibility index (Phi) is 4.54. The summed E-state index contributed by atoms with van der Waals surface area (Å²) in [5.74, 6) is 0. The molecule has 1 unspecified atom stereocenters. The van der Waals surface area contributed by atoms with Crippen LogP contribution in [0.25, 0.3) is 0 Å². The molecule has 1 saturated heterocycles. The van der Waals surface area contributed by atoms with Gasteiger partial charge in [-0.2, -0.15) is 0 Å². The average molecular weight is 234 g/mol. The first kappa shape index (κ1) is 12.6. The maximum atomic E-state index is 9.24. The normalized spacial score (nSPS) is 22.8. The highest BCUT2D eigenvalue weighted by atomic mass is 16.3. The van der Waals surface area contributed by atoms with E-state index in [1.807, 2.05) is 6.92 Å². The second kappa shape index (κ2) is 6.15. The summed E-state index contributed by atoms with van der Waals surface area (Å²) in [5, 5.41) is 12.6. The van der Waals surface area contributed by atoms with Gasteiger partial charge in [0, 0.05) is 32.2 Å². The van der Waals surface area contributed by atoms with Gasteiger partial charge in [0.15, 0.2) is 0 Å². The van der Waals surface area contributed by atoms with Crippen molar-refractivity contribution in [2.75, 3.05) is 19.6 Å². The third kappa shape index (κ3) is 4.11. The summed E-state index contributed by atoms with van der Waals surface area (Å²) in [5.41, 5.74) is 1.38. The lowest BCUT2D eigenvalue weighted by atomic mass is 10.2. The quantitative estimate of drug-likeness (QED) is 0.804. The lowest BCUT2D eigenvalue weighted by Gasteiger charge is -2.17. The molecule has 0 amide bonds. The van der Waals surface area contributed by atoms with E-state index in [1.165, 1.54) is 12.0 Å². The highest BCUT2D eigenvalue weighted by Gasteiger charge is 2.21. The van der Waals surface area contributed by atoms with Crippen molar-refractivity contribution in [3.63, 3.8) is 0 Å². The Bertz CT molecular complexity index is 326. The van der Waals surface area contributed by atoms with Crippen LogP contribution in [0.4, 0.5) is 0 Å². The summed E-state index contributed by atoms with van der Waals surface area (Å²) < 4.78 is 0. The van der Waals surface area contributed by atoms with Crippen LogP contribution in [-0.4, -0.2) is 41.8 Å². The van der Waals surface area contributed by atoms with Crippen LogP contribution in [0.5, 0.6) is 0 Å². The van der Waals surface area contributed by atoms with E-state index < -0.39 is 0 Å². The van der Waals surface area contributed by atoms with E-state index in [4.69, 9.17) is 0 Å². The van der Waals surface area contributed by atoms with Crippen LogP contribution < -0.4 is 5.32 Å². The Morgan fingerprint density at radius 3 is 2.88 bits per heavy atom. The molecule has 1 aromatic carbocycles. The lowest BCUT2D eigenvalue weighted by Crippen LogP contribution is -2.36. The van der Waals surface area contributed by atoms with Gasteiger partial charge in [0.1, 0.15) is 0 Å². The number of likely N-dealkylation sites (tertiary alicyclic amines) is 1. The second-order valence-electron chi connectivity index (χ2n) is 4.96. The molecule has 1 aromatic rings. The topological polar surface area (TPSA) is 35.5 Å². The van der Waals surface area contributed by atoms with E-state index in [-0.39, 0.29) is 6.10 Å². The van der Waals surface area contributed by atoms with Crippen LogP contribution in [0.2, 0.25) is 0 Å². The Balaban J connectivity index is 1.74. The molecule has 3 heteroatoms. The maximum absolute atomic E-state index is 9.24. The first-order valence-corrected chi connectivity index (χ1v) is 6.42. The van der Waals surface area contributed by atoms with Crippen LogP contribution in [0.15, 0.2) is 30.3 Å². The minimum absolute atomic E-state index is 0.252. The van der Waals surface area contributed by atoms with Gasteiger partial charge in [-0.05, 0) is 18.9 Å². The van der Waals surface area contributed by atoms with E-state index in [0.717, 1.165) is 19.6 Å². The minimum atomic E-state index is -0.252. The number of hydrogen-bond donors (Lipinski definition) is 2. The van der Waals surface area contributed by atoms with E-state index in [9.17, 15) is 5.11 Å². The number of nitrogens with zero attached hydrogens (tertiary/aromatic N) is 1. The van der Waals surface area contributed by atoms with Crippen molar-refractivity contribution in [1.82, 2.24) is 10.2 Å². The number of benzene rings is 1. The number of nitrogens with one attached hydrogen (secondary N) is 1. The van der Waals surface area contributed by atoms with E-state index >= 15 is 0 Å². The smallest absolute Gasteiger partial charge is 0.0636 e. The molecule has 0 saturated carbocycles. The van der Waals surface area contributed by atoms with Crippen molar-refractivity contribution in [1.29, 1.82) is 0 Å². The van der Waals surface area contributed by atoms with Crippen LogP contribution in [0.1, 0.15) is 18.9 Å². The molecule has 2 rings (SSSR count). The molecule has 1 heterocycles. The Labute approximate surface area is 103 Å². The zero-order chi connectivity index (χ0) is 12.1. The van der Waals surface area contributed by atoms with Gasteiger partial charge in [0.25, 0.3) is 0 Å². The third-order valence-electron chi connectivity index (χ3n) is 3.22. The highest BCUT2D eigenvalue weighted by molar-refractivity contribution is 5.14. The molecule has 2 atom stereocenters. The minimum Gasteiger partial charge on any atom is -0.392 e. The van der Waals surface area contributed by atoms with Gasteiger partial charge >= 0.3 is 0 Å². The fourth-order valence-corrected chi connectivity index (χ4v) is 2.32. The first-order valence-electron chi connectivity index (χ1n) is 6.42. The summed E-state index contributed by atoms with van der Waals surface area (Å²) in [7, 11) is 0. The molecule has 94 valence electrons. The SMILES string of the molecule is C[C@H](O)CNC1CCN(Cc2ccccc2)C1. The van der Waals surface area contributed by atoms with Gasteiger partial charge < -0.3 is 10.4 Å². The highest BCUT2D eigenvalue weighted by Crippen LogP contribution is 2.13. The Hall–Kier alpha value is -0.900. The Morgan fingerprint density at radius 2 is 2.18 bits per heavy atom. The standard InChI is InChI=1S/C14H22N2O/c1-12(17)9-15-14-7-8-16(11-14)10-13-5-3-2-4-6-13/h2-6,12,14-15,17H,7-11H2,1H3/t12-,14?/m0/s1. The van der Waals surface area contributed by atoms with Gasteiger partial charge in [-0.25, -0.2) is 0 Å². The molecule has 0 radical (unpaired) electrons. The molecular formula is C14H22N2O. The van der Waals surface area contributed by atoms with Crippen LogP contribution >= 0.6 is 0 Å². The molecule has 0 aromatic heterocycles. The number of aliphatic hydroxyl groups excluding tert-OH is 1. The summed E-state index contributed by atoms with van der Waals surface area (Å²) in [4.78, 5) is 2.47. The average Bonchev–Trinajstić information content (AvgIpc) is 2.75. The molecule has 17 heavy (non-hydrogen) atoms. The number of hydrogen-bond acceptors (Lipinski definition) is 3. The Morgan fingerprint density at radius 1 is 1.41 bits per heavy atom. The molecule has 0 bridgehead atoms. The van der Waals surface area contributed by atoms with Crippen molar-refractivity contribution in [2.45, 2.75) is 32.0 Å². The summed E-state index contributed by atoms with van der Waals surface area (Å²) in [6.45, 7) is 5.79. The zero-order valence-electron chi connectivity index (χ0n) is 10.5. The molecule has 1 aliphatic heterocycles. The van der Waals surface area contributed by atoms with Crippen molar-refractivity contribution in [3.8, 4) is 0 Å². The molecular weight excluding hydrogens is 212 g/mol. The van der Waals surface area contributed by atoms with Crippen LogP contribution in [0, 0.1) is 0 Å². The van der Waals surface area contributed by atoms with Gasteiger partial charge in [-0.3, -0.25) is 4.90 Å². The summed E-state index contributed by atoms with van der Waals surface area (Å²) >= 11 is 0. The first-order chi connectivity index (χ1) is 8.24. The fraction of sp³-hybridized carbons (Fsp3) is 0.571. The van der Waals surface area contributed by atoms with Gasteiger partial charge in [0.05, 0.1) is 6.10 Å². The molecule has 2 N–H and O–H groups in total. The van der Waals surface area contributed by atoms with Crippen molar-refractivity contribution >= 4 is 0 Å². The predicted octanol–water partition coefficient (Wildman–Crippen LogP) is 1.23.